The van der Waals surface area contributed by atoms with E-state index in [1.807, 2.05) is 0 Å². The van der Waals surface area contributed by atoms with Gasteiger partial charge in [0.1, 0.15) is 5.82 Å². The van der Waals surface area contributed by atoms with Crippen molar-refractivity contribution in [1.82, 2.24) is 9.97 Å². The van der Waals surface area contributed by atoms with E-state index in [1.54, 1.807) is 25.7 Å². The second-order valence-corrected chi connectivity index (χ2v) is 3.02. The van der Waals surface area contributed by atoms with E-state index in [-0.39, 0.29) is 6.04 Å². The zero-order chi connectivity index (χ0) is 10.2. The van der Waals surface area contributed by atoms with Crippen LogP contribution >= 0.6 is 0 Å². The van der Waals surface area contributed by atoms with Gasteiger partial charge in [-0.3, -0.25) is 4.98 Å². The summed E-state index contributed by atoms with van der Waals surface area (Å²) in [5.74, 6) is 0.775. The van der Waals surface area contributed by atoms with E-state index < -0.39 is 0 Å². The Morgan fingerprint density at radius 3 is 3.07 bits per heavy atom. The number of aromatic nitrogens is 2. The van der Waals surface area contributed by atoms with E-state index >= 15 is 0 Å². The van der Waals surface area contributed by atoms with Crippen LogP contribution in [0.1, 0.15) is 6.42 Å². The van der Waals surface area contributed by atoms with Gasteiger partial charge in [-0.05, 0) is 6.42 Å². The average molecular weight is 196 g/mol. The van der Waals surface area contributed by atoms with Crippen molar-refractivity contribution < 1.29 is 4.74 Å². The smallest absolute Gasteiger partial charge is 0.144 e. The van der Waals surface area contributed by atoms with Gasteiger partial charge in [-0.1, -0.05) is 0 Å². The number of nitrogens with zero attached hydrogens (tertiary/aromatic N) is 2. The molecule has 0 spiro atoms. The summed E-state index contributed by atoms with van der Waals surface area (Å²) >= 11 is 0. The van der Waals surface area contributed by atoms with Crippen molar-refractivity contribution in [3.63, 3.8) is 0 Å². The van der Waals surface area contributed by atoms with E-state index in [0.29, 0.717) is 6.61 Å². The number of anilines is 1. The van der Waals surface area contributed by atoms with Crippen molar-refractivity contribution >= 4 is 5.82 Å². The minimum Gasteiger partial charge on any atom is -0.383 e. The van der Waals surface area contributed by atoms with Crippen molar-refractivity contribution in [2.45, 2.75) is 12.5 Å². The van der Waals surface area contributed by atoms with Gasteiger partial charge < -0.3 is 15.8 Å². The van der Waals surface area contributed by atoms with E-state index in [2.05, 4.69) is 15.3 Å². The molecule has 14 heavy (non-hydrogen) atoms. The van der Waals surface area contributed by atoms with Crippen molar-refractivity contribution in [1.29, 1.82) is 0 Å². The molecule has 0 saturated heterocycles. The Labute approximate surface area is 83.7 Å². The third-order valence-electron chi connectivity index (χ3n) is 1.77. The van der Waals surface area contributed by atoms with E-state index in [9.17, 15) is 0 Å². The van der Waals surface area contributed by atoms with E-state index in [0.717, 1.165) is 18.8 Å². The van der Waals surface area contributed by atoms with Crippen molar-refractivity contribution in [3.05, 3.63) is 18.6 Å². The third-order valence-corrected chi connectivity index (χ3v) is 1.77. The topological polar surface area (TPSA) is 73.1 Å². The molecule has 0 aliphatic rings. The first kappa shape index (κ1) is 10.9. The lowest BCUT2D eigenvalue weighted by molar-refractivity contribution is 0.178. The van der Waals surface area contributed by atoms with Gasteiger partial charge in [-0.2, -0.15) is 0 Å². The molecule has 1 aromatic rings. The lowest BCUT2D eigenvalue weighted by Crippen LogP contribution is -2.28. The van der Waals surface area contributed by atoms with Gasteiger partial charge in [0.25, 0.3) is 0 Å². The number of nitrogens with two attached hydrogens (primary N) is 1. The molecule has 0 fully saturated rings. The minimum atomic E-state index is 0.0733. The van der Waals surface area contributed by atoms with Gasteiger partial charge in [0.15, 0.2) is 0 Å². The molecule has 0 aromatic carbocycles. The fraction of sp³-hybridized carbons (Fsp3) is 0.556. The summed E-state index contributed by atoms with van der Waals surface area (Å²) < 4.78 is 4.93. The molecule has 1 unspecified atom stereocenters. The summed E-state index contributed by atoms with van der Waals surface area (Å²) in [6.07, 6.45) is 5.82. The summed E-state index contributed by atoms with van der Waals surface area (Å²) in [5.41, 5.74) is 5.75. The first-order valence-electron chi connectivity index (χ1n) is 4.57. The molecule has 1 aromatic heterocycles. The molecule has 0 amide bonds. The number of hydrogen-bond donors (Lipinski definition) is 2. The van der Waals surface area contributed by atoms with Gasteiger partial charge in [0.05, 0.1) is 12.8 Å². The van der Waals surface area contributed by atoms with Crippen LogP contribution in [0, 0.1) is 0 Å². The fourth-order valence-electron chi connectivity index (χ4n) is 1.07. The van der Waals surface area contributed by atoms with Crippen molar-refractivity contribution in [2.75, 3.05) is 25.6 Å². The van der Waals surface area contributed by atoms with Crippen LogP contribution in [-0.4, -0.2) is 36.3 Å². The minimum absolute atomic E-state index is 0.0733. The Morgan fingerprint density at radius 1 is 1.57 bits per heavy atom. The fourth-order valence-corrected chi connectivity index (χ4v) is 1.07. The zero-order valence-electron chi connectivity index (χ0n) is 8.31. The second-order valence-electron chi connectivity index (χ2n) is 3.02. The lowest BCUT2D eigenvalue weighted by Gasteiger charge is -2.10. The highest BCUT2D eigenvalue weighted by atomic mass is 16.5. The van der Waals surface area contributed by atoms with Crippen molar-refractivity contribution in [3.8, 4) is 0 Å². The first-order chi connectivity index (χ1) is 6.83. The van der Waals surface area contributed by atoms with E-state index in [4.69, 9.17) is 10.5 Å². The highest BCUT2D eigenvalue weighted by Crippen LogP contribution is 1.97. The molecule has 0 saturated carbocycles. The van der Waals surface area contributed by atoms with E-state index in [1.165, 1.54) is 0 Å². The molecule has 0 aliphatic heterocycles. The Hall–Kier alpha value is -1.20. The maximum absolute atomic E-state index is 5.75. The van der Waals surface area contributed by atoms with Gasteiger partial charge in [-0.15, -0.1) is 0 Å². The normalized spacial score (nSPS) is 12.4. The van der Waals surface area contributed by atoms with Crippen LogP contribution in [-0.2, 0) is 4.74 Å². The number of nitrogens with one attached hydrogen (secondary N) is 1. The number of methoxy groups -OCH3 is 1. The first-order valence-corrected chi connectivity index (χ1v) is 4.57. The molecule has 5 nitrogen and oxygen atoms in total. The maximum Gasteiger partial charge on any atom is 0.144 e. The summed E-state index contributed by atoms with van der Waals surface area (Å²) in [6.45, 7) is 1.37. The van der Waals surface area contributed by atoms with Crippen LogP contribution in [0.4, 0.5) is 5.82 Å². The number of rotatable bonds is 6. The molecule has 5 heteroatoms. The summed E-state index contributed by atoms with van der Waals surface area (Å²) in [6, 6.07) is 0.0733. The molecular weight excluding hydrogens is 180 g/mol. The second kappa shape index (κ2) is 6.28. The standard InChI is InChI=1S/C9H16N4O/c1-14-7-8(10)2-3-12-9-6-11-4-5-13-9/h4-6,8H,2-3,7,10H2,1H3,(H,12,13). The third kappa shape index (κ3) is 4.15. The molecule has 1 atom stereocenters. The van der Waals surface area contributed by atoms with Crippen LogP contribution in [0.3, 0.4) is 0 Å². The monoisotopic (exact) mass is 196 g/mol. The van der Waals surface area contributed by atoms with Crippen LogP contribution < -0.4 is 11.1 Å². The molecule has 0 bridgehead atoms. The van der Waals surface area contributed by atoms with Gasteiger partial charge in [0.2, 0.25) is 0 Å². The Bertz CT molecular complexity index is 242. The molecule has 0 aliphatic carbocycles. The zero-order valence-corrected chi connectivity index (χ0v) is 8.31. The quantitative estimate of drug-likeness (QED) is 0.682. The molecule has 78 valence electrons. The number of ether oxygens (including phenoxy) is 1. The Morgan fingerprint density at radius 2 is 2.43 bits per heavy atom. The molecular formula is C9H16N4O. The van der Waals surface area contributed by atoms with Crippen LogP contribution in [0.5, 0.6) is 0 Å². The average Bonchev–Trinajstić information content (AvgIpc) is 2.20. The molecule has 0 radical (unpaired) electrons. The van der Waals surface area contributed by atoms with Gasteiger partial charge >= 0.3 is 0 Å². The Balaban J connectivity index is 2.16. The summed E-state index contributed by atoms with van der Waals surface area (Å²) in [5, 5.41) is 3.12. The Kier molecular flexibility index (Phi) is 4.88. The SMILES string of the molecule is COCC(N)CCNc1cnccn1. The molecule has 1 heterocycles. The molecule has 3 N–H and O–H groups in total. The van der Waals surface area contributed by atoms with Gasteiger partial charge in [-0.25, -0.2) is 4.98 Å². The predicted octanol–water partition coefficient (Wildman–Crippen LogP) is 0.252. The highest BCUT2D eigenvalue weighted by Gasteiger charge is 2.00. The van der Waals surface area contributed by atoms with Crippen LogP contribution in [0.15, 0.2) is 18.6 Å². The molecule has 1 rings (SSSR count). The van der Waals surface area contributed by atoms with Gasteiger partial charge in [0, 0.05) is 32.1 Å². The number of hydrogen-bond acceptors (Lipinski definition) is 5. The summed E-state index contributed by atoms with van der Waals surface area (Å²) in [7, 11) is 1.65. The highest BCUT2D eigenvalue weighted by molar-refractivity contribution is 5.29. The lowest BCUT2D eigenvalue weighted by atomic mass is 10.2. The van der Waals surface area contributed by atoms with Crippen LogP contribution in [0.2, 0.25) is 0 Å². The van der Waals surface area contributed by atoms with Crippen LogP contribution in [0.25, 0.3) is 0 Å². The largest absolute Gasteiger partial charge is 0.383 e. The summed E-state index contributed by atoms with van der Waals surface area (Å²) in [4.78, 5) is 8.01. The maximum atomic E-state index is 5.75. The predicted molar refractivity (Wildman–Crippen MR) is 55.0 cm³/mol. The van der Waals surface area contributed by atoms with Crippen molar-refractivity contribution in [2.24, 2.45) is 5.73 Å².